The second-order valence-corrected chi connectivity index (χ2v) is 12.3. The van der Waals surface area contributed by atoms with Crippen molar-refractivity contribution in [3.05, 3.63) is 36.4 Å². The Balaban J connectivity index is 1.82. The molecule has 0 radical (unpaired) electrons. The summed E-state index contributed by atoms with van der Waals surface area (Å²) in [6.07, 6.45) is 0. The molecular formula is C20H22N4O12S3. The normalized spacial score (nSPS) is 16.5. The van der Waals surface area contributed by atoms with Crippen LogP contribution in [0.4, 0.5) is 11.4 Å². The lowest BCUT2D eigenvalue weighted by molar-refractivity contribution is -0.117. The Hall–Kier alpha value is -3.49. The van der Waals surface area contributed by atoms with E-state index in [9.17, 15) is 34.6 Å². The van der Waals surface area contributed by atoms with Crippen molar-refractivity contribution < 1.29 is 52.8 Å². The lowest BCUT2D eigenvalue weighted by Gasteiger charge is -2.13. The minimum atomic E-state index is -4.79. The summed E-state index contributed by atoms with van der Waals surface area (Å²) in [5.74, 6) is -1.55. The van der Waals surface area contributed by atoms with Gasteiger partial charge in [0.15, 0.2) is 15.9 Å². The topological polar surface area (TPSA) is 228 Å². The number of rotatable bonds is 11. The van der Waals surface area contributed by atoms with Gasteiger partial charge in [-0.1, -0.05) is 0 Å². The van der Waals surface area contributed by atoms with Gasteiger partial charge in [0, 0.05) is 6.07 Å². The highest BCUT2D eigenvalue weighted by Gasteiger charge is 2.35. The van der Waals surface area contributed by atoms with E-state index in [2.05, 4.69) is 19.5 Å². The Morgan fingerprint density at radius 2 is 1.59 bits per heavy atom. The Labute approximate surface area is 223 Å². The van der Waals surface area contributed by atoms with Gasteiger partial charge in [-0.25, -0.2) is 12.6 Å². The lowest BCUT2D eigenvalue weighted by Crippen LogP contribution is -2.29. The van der Waals surface area contributed by atoms with Crippen LogP contribution in [0.2, 0.25) is 0 Å². The zero-order valence-corrected chi connectivity index (χ0v) is 22.9. The van der Waals surface area contributed by atoms with Crippen LogP contribution in [0.5, 0.6) is 11.5 Å². The van der Waals surface area contributed by atoms with Gasteiger partial charge in [0.05, 0.1) is 42.9 Å². The van der Waals surface area contributed by atoms with E-state index in [-0.39, 0.29) is 33.5 Å². The summed E-state index contributed by atoms with van der Waals surface area (Å²) in [5.41, 5.74) is 0.267. The first-order chi connectivity index (χ1) is 18.1. The molecule has 1 heterocycles. The van der Waals surface area contributed by atoms with E-state index in [4.69, 9.17) is 14.0 Å². The summed E-state index contributed by atoms with van der Waals surface area (Å²) >= 11 is 0. The summed E-state index contributed by atoms with van der Waals surface area (Å²) in [6, 6.07) is 5.83. The van der Waals surface area contributed by atoms with Crippen molar-refractivity contribution >= 4 is 53.3 Å². The average Bonchev–Trinajstić information content (AvgIpc) is 3.13. The van der Waals surface area contributed by atoms with Gasteiger partial charge in [-0.3, -0.25) is 13.9 Å². The van der Waals surface area contributed by atoms with Gasteiger partial charge >= 0.3 is 10.4 Å². The van der Waals surface area contributed by atoms with Crippen molar-refractivity contribution in [2.45, 2.75) is 22.8 Å². The van der Waals surface area contributed by atoms with Gasteiger partial charge < -0.3 is 9.47 Å². The standard InChI is InChI=1S/C20H22N4O12S3/c1-12-19(22-21-15-10-18(38(28,29)30)17(35-3)11-16(15)34-2)20(25)24(23-12)13-4-6-14(7-5-13)37(26,27)9-8-36-39(31,32)33/h4-7,10-11,19H,8-9H2,1-3H3,(H,28,29,30)(H,31,32,33). The van der Waals surface area contributed by atoms with Crippen molar-refractivity contribution in [3.63, 3.8) is 0 Å². The maximum Gasteiger partial charge on any atom is 0.397 e. The number of nitrogens with zero attached hydrogens (tertiary/aromatic N) is 4. The first kappa shape index (κ1) is 30.1. The van der Waals surface area contributed by atoms with Gasteiger partial charge in [-0.05, 0) is 37.3 Å². The number of anilines is 1. The molecule has 0 bridgehead atoms. The number of hydrogen-bond acceptors (Lipinski definition) is 13. The Bertz CT molecular complexity index is 1650. The first-order valence-corrected chi connectivity index (χ1v) is 15.0. The van der Waals surface area contributed by atoms with Crippen LogP contribution in [0.1, 0.15) is 6.92 Å². The van der Waals surface area contributed by atoms with Crippen LogP contribution in [0.15, 0.2) is 61.5 Å². The maximum atomic E-state index is 13.0. The summed E-state index contributed by atoms with van der Waals surface area (Å²) < 4.78 is 102. The summed E-state index contributed by atoms with van der Waals surface area (Å²) in [6.45, 7) is 0.693. The molecule has 2 aromatic rings. The zero-order valence-electron chi connectivity index (χ0n) is 20.4. The number of methoxy groups -OCH3 is 2. The van der Waals surface area contributed by atoms with Crippen molar-refractivity contribution in [2.75, 3.05) is 31.6 Å². The molecule has 16 nitrogen and oxygen atoms in total. The number of sulfone groups is 1. The number of amides is 1. The molecule has 212 valence electrons. The molecule has 39 heavy (non-hydrogen) atoms. The van der Waals surface area contributed by atoms with E-state index in [0.717, 1.165) is 11.1 Å². The minimum absolute atomic E-state index is 0.0404. The quantitative estimate of drug-likeness (QED) is 0.273. The fourth-order valence-corrected chi connectivity index (χ4v) is 5.43. The molecule has 1 aliphatic rings. The van der Waals surface area contributed by atoms with Crippen molar-refractivity contribution in [3.8, 4) is 11.5 Å². The highest BCUT2D eigenvalue weighted by atomic mass is 32.3. The monoisotopic (exact) mass is 606 g/mol. The van der Waals surface area contributed by atoms with Crippen LogP contribution < -0.4 is 14.5 Å². The summed E-state index contributed by atoms with van der Waals surface area (Å²) in [7, 11) is -11.0. The zero-order chi connectivity index (χ0) is 29.2. The van der Waals surface area contributed by atoms with Crippen molar-refractivity contribution in [1.29, 1.82) is 0 Å². The largest absolute Gasteiger partial charge is 0.495 e. The third-order valence-electron chi connectivity index (χ3n) is 5.14. The second-order valence-electron chi connectivity index (χ2n) is 7.72. The number of hydrogen-bond donors (Lipinski definition) is 2. The van der Waals surface area contributed by atoms with Gasteiger partial charge in [0.25, 0.3) is 16.0 Å². The van der Waals surface area contributed by atoms with Crippen molar-refractivity contribution in [2.24, 2.45) is 15.3 Å². The van der Waals surface area contributed by atoms with Crippen LogP contribution in [-0.4, -0.2) is 78.6 Å². The number of ether oxygens (including phenoxy) is 2. The molecule has 0 fully saturated rings. The summed E-state index contributed by atoms with van der Waals surface area (Å²) in [4.78, 5) is 12.2. The van der Waals surface area contributed by atoms with Gasteiger partial charge in [0.2, 0.25) is 0 Å². The predicted molar refractivity (Wildman–Crippen MR) is 134 cm³/mol. The Morgan fingerprint density at radius 3 is 2.13 bits per heavy atom. The molecule has 1 aliphatic heterocycles. The van der Waals surface area contributed by atoms with Gasteiger partial charge in [-0.2, -0.15) is 37.2 Å². The SMILES string of the molecule is COc1cc(OC)c(S(=O)(=O)O)cc1N=NC1C(=O)N(c2ccc(S(=O)(=O)CCOS(=O)(=O)O)cc2)N=C1C. The van der Waals surface area contributed by atoms with E-state index in [1.807, 2.05) is 0 Å². The lowest BCUT2D eigenvalue weighted by atomic mass is 10.2. The van der Waals surface area contributed by atoms with Crippen LogP contribution in [0.3, 0.4) is 0 Å². The van der Waals surface area contributed by atoms with Gasteiger partial charge in [0.1, 0.15) is 22.1 Å². The molecule has 0 saturated heterocycles. The number of hydrazone groups is 1. The Kier molecular flexibility index (Phi) is 8.72. The molecule has 1 amide bonds. The molecular weight excluding hydrogens is 584 g/mol. The van der Waals surface area contributed by atoms with Crippen LogP contribution in [0.25, 0.3) is 0 Å². The molecule has 0 spiro atoms. The minimum Gasteiger partial charge on any atom is -0.495 e. The Morgan fingerprint density at radius 1 is 0.974 bits per heavy atom. The first-order valence-electron chi connectivity index (χ1n) is 10.6. The molecule has 19 heteroatoms. The van der Waals surface area contributed by atoms with Crippen LogP contribution >= 0.6 is 0 Å². The fraction of sp³-hybridized carbons (Fsp3) is 0.300. The highest BCUT2D eigenvalue weighted by molar-refractivity contribution is 7.91. The van der Waals surface area contributed by atoms with E-state index in [1.165, 1.54) is 51.5 Å². The van der Waals surface area contributed by atoms with E-state index in [0.29, 0.717) is 0 Å². The maximum absolute atomic E-state index is 13.0. The second kappa shape index (κ2) is 11.3. The highest BCUT2D eigenvalue weighted by Crippen LogP contribution is 2.38. The summed E-state index contributed by atoms with van der Waals surface area (Å²) in [5, 5.41) is 13.0. The predicted octanol–water partition coefficient (Wildman–Crippen LogP) is 1.42. The number of azo groups is 1. The van der Waals surface area contributed by atoms with Crippen LogP contribution in [-0.2, 0) is 39.3 Å². The smallest absolute Gasteiger partial charge is 0.397 e. The molecule has 0 aliphatic carbocycles. The molecule has 0 saturated carbocycles. The number of carbonyl (C=O) groups excluding carboxylic acids is 1. The van der Waals surface area contributed by atoms with Crippen LogP contribution in [0, 0.1) is 0 Å². The van der Waals surface area contributed by atoms with Gasteiger partial charge in [-0.15, -0.1) is 0 Å². The fourth-order valence-electron chi connectivity index (χ4n) is 3.29. The van der Waals surface area contributed by atoms with E-state index in [1.54, 1.807) is 0 Å². The molecule has 1 atom stereocenters. The third-order valence-corrected chi connectivity index (χ3v) is 8.18. The van der Waals surface area contributed by atoms with E-state index >= 15 is 0 Å². The molecule has 2 N–H and O–H groups in total. The molecule has 2 aromatic carbocycles. The van der Waals surface area contributed by atoms with E-state index < -0.39 is 59.6 Å². The molecule has 0 aromatic heterocycles. The average molecular weight is 607 g/mol. The van der Waals surface area contributed by atoms with Crippen molar-refractivity contribution in [1.82, 2.24) is 0 Å². The molecule has 1 unspecified atom stereocenters. The number of carbonyl (C=O) groups is 1. The molecule has 3 rings (SSSR count). The number of benzene rings is 2. The third kappa shape index (κ3) is 7.13.